The van der Waals surface area contributed by atoms with E-state index in [2.05, 4.69) is 21.7 Å². The number of hydrogen-bond donors (Lipinski definition) is 0. The molecule has 0 radical (unpaired) electrons. The predicted molar refractivity (Wildman–Crippen MR) is 30.9 cm³/mol. The summed E-state index contributed by atoms with van der Waals surface area (Å²) >= 11 is 2.90. The summed E-state index contributed by atoms with van der Waals surface area (Å²) in [6, 6.07) is 0. The summed E-state index contributed by atoms with van der Waals surface area (Å²) in [5.74, 6) is 0. The summed E-state index contributed by atoms with van der Waals surface area (Å²) in [7, 11) is 0. The molecule has 0 aliphatic heterocycles. The van der Waals surface area contributed by atoms with Gasteiger partial charge >= 0.3 is 6.08 Å². The second kappa shape index (κ2) is 3.62. The topological polar surface area (TPSA) is 0 Å². The van der Waals surface area contributed by atoms with E-state index >= 15 is 0 Å². The molecule has 0 fully saturated rings. The fourth-order valence-electron chi connectivity index (χ4n) is 0.133. The average Bonchev–Trinajstić information content (AvgIpc) is 1.61. The third kappa shape index (κ3) is 5.64. The summed E-state index contributed by atoms with van der Waals surface area (Å²) in [6.07, 6.45) is -1.86. The molecule has 0 aromatic carbocycles. The zero-order chi connectivity index (χ0) is 6.57. The van der Waals surface area contributed by atoms with Crippen molar-refractivity contribution in [2.24, 2.45) is 0 Å². The van der Waals surface area contributed by atoms with E-state index in [0.717, 1.165) is 0 Å². The van der Waals surface area contributed by atoms with Crippen molar-refractivity contribution in [1.82, 2.24) is 0 Å². The Morgan fingerprint density at radius 1 is 1.38 bits per heavy atom. The molecule has 0 aliphatic carbocycles. The largest absolute Gasteiger partial charge is 0.321 e. The van der Waals surface area contributed by atoms with E-state index in [1.165, 1.54) is 0 Å². The van der Waals surface area contributed by atoms with Crippen molar-refractivity contribution in [3.8, 4) is 0 Å². The molecule has 0 spiro atoms. The van der Waals surface area contributed by atoms with E-state index in [0.29, 0.717) is 4.48 Å². The summed E-state index contributed by atoms with van der Waals surface area (Å²) in [6.45, 7) is 1.59. The van der Waals surface area contributed by atoms with Gasteiger partial charge in [-0.25, -0.2) is 0 Å². The van der Waals surface area contributed by atoms with Gasteiger partial charge in [0.2, 0.25) is 0 Å². The first-order valence-electron chi connectivity index (χ1n) is 1.82. The zero-order valence-corrected chi connectivity index (χ0v) is 5.72. The highest BCUT2D eigenvalue weighted by molar-refractivity contribution is 9.11. The molecule has 0 aliphatic rings. The summed E-state index contributed by atoms with van der Waals surface area (Å²) in [4.78, 5) is 0. The SMILES string of the molecule is CC(Br)=C=C=C(F)F. The molecule has 0 unspecified atom stereocenters. The Kier molecular flexibility index (Phi) is 3.46. The van der Waals surface area contributed by atoms with Crippen LogP contribution in [0.2, 0.25) is 0 Å². The number of halogens is 3. The van der Waals surface area contributed by atoms with Crippen LogP contribution in [0.5, 0.6) is 0 Å². The normalized spacial score (nSPS) is 7.00. The van der Waals surface area contributed by atoms with Crippen LogP contribution in [0.1, 0.15) is 6.92 Å². The minimum Gasteiger partial charge on any atom is -0.163 e. The fraction of sp³-hybridized carbons (Fsp3) is 0.200. The Labute approximate surface area is 54.3 Å². The van der Waals surface area contributed by atoms with Crippen molar-refractivity contribution < 1.29 is 8.78 Å². The lowest BCUT2D eigenvalue weighted by Gasteiger charge is -1.66. The van der Waals surface area contributed by atoms with Crippen LogP contribution in [0.4, 0.5) is 8.78 Å². The molecule has 0 amide bonds. The van der Waals surface area contributed by atoms with Gasteiger partial charge in [0.1, 0.15) is 0 Å². The molecule has 0 aromatic heterocycles. The third-order valence-electron chi connectivity index (χ3n) is 0.329. The molecule has 0 N–H and O–H groups in total. The summed E-state index contributed by atoms with van der Waals surface area (Å²) < 4.78 is 22.7. The monoisotopic (exact) mass is 180 g/mol. The van der Waals surface area contributed by atoms with Crippen LogP contribution < -0.4 is 0 Å². The van der Waals surface area contributed by atoms with Crippen molar-refractivity contribution in [1.29, 1.82) is 0 Å². The first-order chi connectivity index (χ1) is 3.63. The maximum absolute atomic E-state index is 11.1. The van der Waals surface area contributed by atoms with Gasteiger partial charge in [-0.15, -0.1) is 0 Å². The molecule has 0 bridgehead atoms. The van der Waals surface area contributed by atoms with Gasteiger partial charge in [0, 0.05) is 10.2 Å². The average molecular weight is 181 g/mol. The quantitative estimate of drug-likeness (QED) is 0.504. The van der Waals surface area contributed by atoms with Gasteiger partial charge in [-0.05, 0) is 22.9 Å². The maximum atomic E-state index is 11.1. The molecule has 44 valence electrons. The Morgan fingerprint density at radius 2 is 1.88 bits per heavy atom. The van der Waals surface area contributed by atoms with E-state index in [9.17, 15) is 8.78 Å². The lowest BCUT2D eigenvalue weighted by atomic mass is 10.7. The highest BCUT2D eigenvalue weighted by atomic mass is 79.9. The van der Waals surface area contributed by atoms with Crippen LogP contribution in [0, 0.1) is 0 Å². The maximum Gasteiger partial charge on any atom is 0.321 e. The number of rotatable bonds is 0. The lowest BCUT2D eigenvalue weighted by molar-refractivity contribution is 0.424. The van der Waals surface area contributed by atoms with Crippen LogP contribution >= 0.6 is 15.9 Å². The highest BCUT2D eigenvalue weighted by Gasteiger charge is 1.76. The van der Waals surface area contributed by atoms with Crippen LogP contribution in [0.15, 0.2) is 22.0 Å². The Balaban J connectivity index is 4.47. The van der Waals surface area contributed by atoms with E-state index in [-0.39, 0.29) is 0 Å². The van der Waals surface area contributed by atoms with Crippen molar-refractivity contribution in [2.45, 2.75) is 6.92 Å². The van der Waals surface area contributed by atoms with E-state index < -0.39 is 6.08 Å². The Bertz CT molecular complexity index is 143. The highest BCUT2D eigenvalue weighted by Crippen LogP contribution is 1.98. The third-order valence-corrected chi connectivity index (χ3v) is 0.527. The van der Waals surface area contributed by atoms with Gasteiger partial charge in [0.15, 0.2) is 0 Å². The predicted octanol–water partition coefficient (Wildman–Crippen LogP) is 2.82. The van der Waals surface area contributed by atoms with Gasteiger partial charge in [-0.3, -0.25) is 0 Å². The molecule has 8 heavy (non-hydrogen) atoms. The Morgan fingerprint density at radius 3 is 2.00 bits per heavy atom. The molecule has 0 heterocycles. The van der Waals surface area contributed by atoms with Gasteiger partial charge in [-0.1, -0.05) is 5.73 Å². The van der Waals surface area contributed by atoms with Crippen LogP contribution in [-0.2, 0) is 0 Å². The first kappa shape index (κ1) is 7.64. The van der Waals surface area contributed by atoms with Crippen molar-refractivity contribution in [3.63, 3.8) is 0 Å². The number of hydrogen-bond acceptors (Lipinski definition) is 0. The van der Waals surface area contributed by atoms with Crippen LogP contribution in [0.3, 0.4) is 0 Å². The molecule has 3 heteroatoms. The van der Waals surface area contributed by atoms with Crippen molar-refractivity contribution >= 4 is 15.9 Å². The van der Waals surface area contributed by atoms with Gasteiger partial charge in [0.25, 0.3) is 0 Å². The smallest absolute Gasteiger partial charge is 0.163 e. The molecular formula is C5H3BrF2. The Hall–Kier alpha value is -0.360. The van der Waals surface area contributed by atoms with Gasteiger partial charge in [-0.2, -0.15) is 8.78 Å². The van der Waals surface area contributed by atoms with Gasteiger partial charge < -0.3 is 0 Å². The zero-order valence-electron chi connectivity index (χ0n) is 4.13. The lowest BCUT2D eigenvalue weighted by Crippen LogP contribution is -1.46. The van der Waals surface area contributed by atoms with E-state index in [1.807, 2.05) is 0 Å². The molecule has 0 rings (SSSR count). The summed E-state index contributed by atoms with van der Waals surface area (Å²) in [5.41, 5.74) is 3.74. The second-order valence-electron chi connectivity index (χ2n) is 1.04. The standard InChI is InChI=1S/C5H3BrF2/c1-4(6)2-3-5(7)8/h1H3. The van der Waals surface area contributed by atoms with Crippen LogP contribution in [0.25, 0.3) is 0 Å². The molecular weight excluding hydrogens is 178 g/mol. The van der Waals surface area contributed by atoms with Crippen molar-refractivity contribution in [3.05, 3.63) is 22.0 Å². The van der Waals surface area contributed by atoms with Crippen LogP contribution in [-0.4, -0.2) is 0 Å². The molecule has 0 aromatic rings. The second-order valence-corrected chi connectivity index (χ2v) is 2.23. The first-order valence-corrected chi connectivity index (χ1v) is 2.61. The van der Waals surface area contributed by atoms with Crippen molar-refractivity contribution in [2.75, 3.05) is 0 Å². The molecule has 0 atom stereocenters. The number of allylic oxidation sites excluding steroid dienone is 1. The fourth-order valence-corrected chi connectivity index (χ4v) is 0.232. The van der Waals surface area contributed by atoms with Gasteiger partial charge in [0.05, 0.1) is 0 Å². The minimum atomic E-state index is -1.86. The minimum absolute atomic E-state index is 0.505. The molecule has 0 saturated heterocycles. The molecule has 0 nitrogen and oxygen atoms in total. The molecule has 0 saturated carbocycles. The van der Waals surface area contributed by atoms with E-state index in [1.54, 1.807) is 12.7 Å². The summed E-state index contributed by atoms with van der Waals surface area (Å²) in [5, 5.41) is 0. The van der Waals surface area contributed by atoms with E-state index in [4.69, 9.17) is 0 Å².